The first-order valence-corrected chi connectivity index (χ1v) is 16.6. The lowest BCUT2D eigenvalue weighted by Gasteiger charge is -2.12. The quantitative estimate of drug-likeness (QED) is 0.183. The average molecular weight is 617 g/mol. The Kier molecular flexibility index (Phi) is 4.33. The second-order valence-electron chi connectivity index (χ2n) is 10.6. The normalized spacial score (nSPS) is 12.7. The predicted molar refractivity (Wildman–Crippen MR) is 178 cm³/mol. The van der Waals surface area contributed by atoms with Crippen LogP contribution in [0.25, 0.3) is 83.8 Å². The number of pyridine rings is 2. The zero-order valence-corrected chi connectivity index (χ0v) is 25.3. The molecule has 0 aliphatic heterocycles. The van der Waals surface area contributed by atoms with Crippen LogP contribution in [0.4, 0.5) is 0 Å². The number of rotatable bonds is 2. The molecule has 0 aliphatic carbocycles. The molecule has 0 saturated carbocycles. The number of nitrogens with zero attached hydrogens (tertiary/aromatic N) is 4. The number of aryl methyl sites for hydroxylation is 2. The molecule has 42 heavy (non-hydrogen) atoms. The van der Waals surface area contributed by atoms with Crippen molar-refractivity contribution in [1.82, 2.24) is 18.8 Å². The minimum absolute atomic E-state index is 0.117. The summed E-state index contributed by atoms with van der Waals surface area (Å²) in [6.45, 7) is 4.19. The van der Waals surface area contributed by atoms with Gasteiger partial charge in [0, 0.05) is 61.6 Å². The largest absolute Gasteiger partial charge is 0.268 e. The molecule has 0 fully saturated rings. The minimum Gasteiger partial charge on any atom is -0.268 e. The molecule has 2 aromatic carbocycles. The van der Waals surface area contributed by atoms with Crippen molar-refractivity contribution in [3.8, 4) is 19.5 Å². The van der Waals surface area contributed by atoms with Gasteiger partial charge in [0.1, 0.15) is 21.0 Å². The molecule has 10 aromatic rings. The van der Waals surface area contributed by atoms with Gasteiger partial charge in [-0.15, -0.1) is 45.3 Å². The lowest BCUT2D eigenvalue weighted by Crippen LogP contribution is -2.16. The number of benzene rings is 2. The van der Waals surface area contributed by atoms with Crippen LogP contribution in [-0.4, -0.2) is 18.8 Å². The Balaban J connectivity index is 1.29. The van der Waals surface area contributed by atoms with E-state index in [1.807, 2.05) is 24.3 Å². The lowest BCUT2D eigenvalue weighted by molar-refractivity contribution is 1.18. The van der Waals surface area contributed by atoms with E-state index in [0.717, 1.165) is 52.0 Å². The molecule has 0 N–H and O–H groups in total. The molecule has 10 rings (SSSR count). The minimum atomic E-state index is -0.117. The Morgan fingerprint density at radius 3 is 1.36 bits per heavy atom. The highest BCUT2D eigenvalue weighted by atomic mass is 32.1. The van der Waals surface area contributed by atoms with E-state index >= 15 is 0 Å². The second-order valence-corrected chi connectivity index (χ2v) is 15.3. The van der Waals surface area contributed by atoms with Gasteiger partial charge in [0.05, 0.1) is 11.0 Å². The van der Waals surface area contributed by atoms with Crippen molar-refractivity contribution >= 4 is 110 Å². The molecule has 0 atom stereocenters. The molecule has 8 heterocycles. The molecule has 200 valence electrons. The number of hydrogen-bond acceptors (Lipinski definition) is 8. The molecule has 0 saturated heterocycles. The monoisotopic (exact) mass is 616 g/mol. The van der Waals surface area contributed by atoms with Crippen LogP contribution < -0.4 is 11.1 Å². The molecular formula is C32H16N4O2S4. The number of imidazole rings is 2. The fourth-order valence-corrected chi connectivity index (χ4v) is 10.3. The van der Waals surface area contributed by atoms with Crippen molar-refractivity contribution < 1.29 is 0 Å². The highest BCUT2D eigenvalue weighted by molar-refractivity contribution is 7.26. The van der Waals surface area contributed by atoms with E-state index in [2.05, 4.69) is 50.2 Å². The third kappa shape index (κ3) is 2.82. The highest BCUT2D eigenvalue weighted by Crippen LogP contribution is 2.42. The number of thiophene rings is 4. The summed E-state index contributed by atoms with van der Waals surface area (Å²) in [6, 6.07) is 20.3. The highest BCUT2D eigenvalue weighted by Gasteiger charge is 2.24. The predicted octanol–water partition coefficient (Wildman–Crippen LogP) is 8.54. The smallest absolute Gasteiger partial charge is 0.264 e. The van der Waals surface area contributed by atoms with Crippen LogP contribution >= 0.6 is 45.3 Å². The molecule has 0 unspecified atom stereocenters. The summed E-state index contributed by atoms with van der Waals surface area (Å²) in [5.41, 5.74) is 2.67. The van der Waals surface area contributed by atoms with Crippen LogP contribution in [0.3, 0.4) is 0 Å². The van der Waals surface area contributed by atoms with Gasteiger partial charge in [0.2, 0.25) is 0 Å². The SMILES string of the molecule is Cc1ccc(-c2cc3c(nc4c5ccc6c(=O)n7c8cc(-c9ccc(C)s9)sc8nc7c7ccc(c(=O)n34)c5c67)s2)s1. The van der Waals surface area contributed by atoms with Crippen LogP contribution in [0, 0.1) is 13.8 Å². The Morgan fingerprint density at radius 2 is 0.952 bits per heavy atom. The van der Waals surface area contributed by atoms with Gasteiger partial charge in [0.25, 0.3) is 11.1 Å². The fourth-order valence-electron chi connectivity index (χ4n) is 6.36. The standard InChI is InChI=1S/C32H16N4O2S4/c1-13-3-9-21(39-13)23-11-19-29(41-23)33-27-15-5-8-18-26-16(6-7-17(25(15)26)31(37)35(19)27)28-34-30-20(36(28)32(18)38)12-24(42-30)22-10-4-14(2)40-22/h3-12H,1-2H3. The second kappa shape index (κ2) is 7.78. The molecular weight excluding hydrogens is 601 g/mol. The topological polar surface area (TPSA) is 68.7 Å². The summed E-state index contributed by atoms with van der Waals surface area (Å²) in [4.78, 5) is 46.8. The molecule has 0 aliphatic rings. The van der Waals surface area contributed by atoms with Gasteiger partial charge in [-0.2, -0.15) is 0 Å². The lowest BCUT2D eigenvalue weighted by atomic mass is 9.96. The van der Waals surface area contributed by atoms with Crippen LogP contribution in [0.1, 0.15) is 9.75 Å². The van der Waals surface area contributed by atoms with E-state index in [-0.39, 0.29) is 11.1 Å². The molecule has 6 nitrogen and oxygen atoms in total. The van der Waals surface area contributed by atoms with Gasteiger partial charge in [-0.05, 0) is 74.5 Å². The van der Waals surface area contributed by atoms with Crippen molar-refractivity contribution in [2.45, 2.75) is 13.8 Å². The molecule has 10 heteroatoms. The first kappa shape index (κ1) is 23.4. The Hall–Kier alpha value is -4.22. The summed E-state index contributed by atoms with van der Waals surface area (Å²) in [5, 5.41) is 4.48. The first-order valence-electron chi connectivity index (χ1n) is 13.3. The van der Waals surface area contributed by atoms with Crippen LogP contribution in [0.15, 0.2) is 70.3 Å². The zero-order valence-electron chi connectivity index (χ0n) is 22.0. The van der Waals surface area contributed by atoms with E-state index < -0.39 is 0 Å². The molecule has 8 aromatic heterocycles. The van der Waals surface area contributed by atoms with Gasteiger partial charge in [-0.25, -0.2) is 9.97 Å². The summed E-state index contributed by atoms with van der Waals surface area (Å²) in [7, 11) is 0. The van der Waals surface area contributed by atoms with Crippen LogP contribution in [-0.2, 0) is 0 Å². The maximum Gasteiger partial charge on any atom is 0.264 e. The van der Waals surface area contributed by atoms with Gasteiger partial charge in [-0.3, -0.25) is 18.4 Å². The van der Waals surface area contributed by atoms with Gasteiger partial charge in [0.15, 0.2) is 0 Å². The Morgan fingerprint density at radius 1 is 0.524 bits per heavy atom. The third-order valence-corrected chi connectivity index (χ3v) is 12.6. The van der Waals surface area contributed by atoms with Gasteiger partial charge >= 0.3 is 0 Å². The first-order chi connectivity index (χ1) is 20.4. The maximum atomic E-state index is 14.1. The maximum absolute atomic E-state index is 14.1. The van der Waals surface area contributed by atoms with Gasteiger partial charge in [-0.1, -0.05) is 0 Å². The van der Waals surface area contributed by atoms with Crippen molar-refractivity contribution in [2.24, 2.45) is 0 Å². The van der Waals surface area contributed by atoms with Gasteiger partial charge < -0.3 is 0 Å². The van der Waals surface area contributed by atoms with E-state index in [4.69, 9.17) is 9.97 Å². The fraction of sp³-hybridized carbons (Fsp3) is 0.0625. The van der Waals surface area contributed by atoms with Crippen molar-refractivity contribution in [3.63, 3.8) is 0 Å². The van der Waals surface area contributed by atoms with E-state index in [1.54, 1.807) is 54.1 Å². The summed E-state index contributed by atoms with van der Waals surface area (Å²) in [5.74, 6) is 0. The van der Waals surface area contributed by atoms with E-state index in [9.17, 15) is 9.59 Å². The summed E-state index contributed by atoms with van der Waals surface area (Å²) >= 11 is 6.69. The van der Waals surface area contributed by atoms with Crippen LogP contribution in [0.5, 0.6) is 0 Å². The average Bonchev–Trinajstić information content (AvgIpc) is 3.80. The third-order valence-electron chi connectivity index (χ3n) is 8.18. The molecule has 0 amide bonds. The summed E-state index contributed by atoms with van der Waals surface area (Å²) in [6.07, 6.45) is 0. The number of fused-ring (bicyclic) bond motifs is 8. The molecule has 0 bridgehead atoms. The number of hydrogen-bond donors (Lipinski definition) is 0. The zero-order chi connectivity index (χ0) is 28.0. The van der Waals surface area contributed by atoms with Crippen molar-refractivity contribution in [1.29, 1.82) is 0 Å². The molecule has 0 radical (unpaired) electrons. The van der Waals surface area contributed by atoms with E-state index in [0.29, 0.717) is 22.1 Å². The van der Waals surface area contributed by atoms with E-state index in [1.165, 1.54) is 19.5 Å². The van der Waals surface area contributed by atoms with Crippen LogP contribution in [0.2, 0.25) is 0 Å². The van der Waals surface area contributed by atoms with Crippen molar-refractivity contribution in [2.75, 3.05) is 0 Å². The molecule has 0 spiro atoms. The van der Waals surface area contributed by atoms with Crippen molar-refractivity contribution in [3.05, 3.63) is 91.1 Å². The Labute approximate surface area is 251 Å². The summed E-state index contributed by atoms with van der Waals surface area (Å²) < 4.78 is 3.48. The number of aromatic nitrogens is 4. The Bertz CT molecular complexity index is 2680.